The molecule has 2 aromatic heterocycles. The van der Waals surface area contributed by atoms with Gasteiger partial charge in [-0.2, -0.15) is 0 Å². The van der Waals surface area contributed by atoms with Crippen molar-refractivity contribution < 1.29 is 0 Å². The van der Waals surface area contributed by atoms with Crippen molar-refractivity contribution in [1.29, 1.82) is 0 Å². The largest absolute Gasteiger partial charge is 0.332 e. The van der Waals surface area contributed by atoms with Gasteiger partial charge in [-0.15, -0.1) is 11.8 Å². The maximum Gasteiger partial charge on any atom is 0.262 e. The second-order valence-electron chi connectivity index (χ2n) is 5.16. The maximum atomic E-state index is 12.5. The Hall–Kier alpha value is -1.92. The van der Waals surface area contributed by atoms with E-state index in [-0.39, 0.29) is 5.56 Å². The number of thioether (sulfide) groups is 1. The summed E-state index contributed by atoms with van der Waals surface area (Å²) in [5.41, 5.74) is 0.784. The van der Waals surface area contributed by atoms with Crippen molar-refractivity contribution >= 4 is 34.9 Å². The smallest absolute Gasteiger partial charge is 0.262 e. The lowest BCUT2D eigenvalue weighted by molar-refractivity contribution is 0.603. The van der Waals surface area contributed by atoms with E-state index in [0.29, 0.717) is 16.7 Å². The summed E-state index contributed by atoms with van der Waals surface area (Å²) in [4.78, 5) is 19.9. The van der Waals surface area contributed by atoms with E-state index in [1.807, 2.05) is 42.5 Å². The van der Waals surface area contributed by atoms with Gasteiger partial charge in [0.05, 0.1) is 15.9 Å². The number of hydrogen-bond donors (Lipinski definition) is 1. The highest BCUT2D eigenvalue weighted by Gasteiger charge is 2.04. The fourth-order valence-corrected chi connectivity index (χ4v) is 3.54. The second-order valence-corrected chi connectivity index (χ2v) is 6.66. The van der Waals surface area contributed by atoms with Crippen LogP contribution in [0.2, 0.25) is 0 Å². The first-order valence-electron chi connectivity index (χ1n) is 7.51. The summed E-state index contributed by atoms with van der Waals surface area (Å²) in [5, 5.41) is 1.72. The van der Waals surface area contributed by atoms with E-state index in [9.17, 15) is 4.79 Å². The number of hydrogen-bond acceptors (Lipinski definition) is 4. The van der Waals surface area contributed by atoms with Crippen LogP contribution in [0.25, 0.3) is 10.9 Å². The van der Waals surface area contributed by atoms with E-state index >= 15 is 0 Å². The highest BCUT2D eigenvalue weighted by molar-refractivity contribution is 7.99. The molecule has 4 nitrogen and oxygen atoms in total. The van der Waals surface area contributed by atoms with E-state index in [4.69, 9.17) is 12.2 Å². The number of pyridine rings is 1. The minimum Gasteiger partial charge on any atom is -0.332 e. The van der Waals surface area contributed by atoms with Crippen molar-refractivity contribution in [3.63, 3.8) is 0 Å². The number of fused-ring (bicyclic) bond motifs is 1. The second kappa shape index (κ2) is 7.57. The summed E-state index contributed by atoms with van der Waals surface area (Å²) in [5.74, 6) is 0.982. The summed E-state index contributed by atoms with van der Waals surface area (Å²) >= 11 is 7.05. The molecule has 118 valence electrons. The Morgan fingerprint density at radius 3 is 2.78 bits per heavy atom. The predicted molar refractivity (Wildman–Crippen MR) is 97.6 cm³/mol. The number of rotatable bonds is 6. The van der Waals surface area contributed by atoms with Crippen LogP contribution in [-0.2, 0) is 6.54 Å². The lowest BCUT2D eigenvalue weighted by Gasteiger charge is -2.08. The zero-order valence-electron chi connectivity index (χ0n) is 12.6. The molecular formula is C17H17N3OS2. The Balaban J connectivity index is 1.61. The van der Waals surface area contributed by atoms with Crippen molar-refractivity contribution in [3.05, 3.63) is 63.8 Å². The van der Waals surface area contributed by atoms with Crippen LogP contribution in [0.5, 0.6) is 0 Å². The van der Waals surface area contributed by atoms with E-state index in [1.165, 1.54) is 0 Å². The van der Waals surface area contributed by atoms with Crippen LogP contribution >= 0.6 is 24.0 Å². The van der Waals surface area contributed by atoms with E-state index in [2.05, 4.69) is 9.97 Å². The predicted octanol–water partition coefficient (Wildman–Crippen LogP) is 4.03. The molecule has 3 rings (SSSR count). The van der Waals surface area contributed by atoms with Crippen molar-refractivity contribution in [2.45, 2.75) is 24.4 Å². The fourth-order valence-electron chi connectivity index (χ4n) is 2.38. The first-order chi connectivity index (χ1) is 11.3. The number of nitrogens with one attached hydrogen (secondary N) is 1. The van der Waals surface area contributed by atoms with Crippen molar-refractivity contribution in [1.82, 2.24) is 14.5 Å². The average molecular weight is 343 g/mol. The third-order valence-corrected chi connectivity index (χ3v) is 4.91. The monoisotopic (exact) mass is 343 g/mol. The molecule has 6 heteroatoms. The molecule has 2 heterocycles. The minimum absolute atomic E-state index is 0.0123. The molecule has 0 bridgehead atoms. The molecule has 0 radical (unpaired) electrons. The van der Waals surface area contributed by atoms with Crippen molar-refractivity contribution in [2.24, 2.45) is 0 Å². The van der Waals surface area contributed by atoms with Gasteiger partial charge in [0.25, 0.3) is 5.56 Å². The molecule has 0 aliphatic carbocycles. The maximum absolute atomic E-state index is 12.5. The molecule has 0 saturated carbocycles. The molecule has 0 spiro atoms. The van der Waals surface area contributed by atoms with Crippen molar-refractivity contribution in [2.75, 3.05) is 5.75 Å². The molecular weight excluding hydrogens is 326 g/mol. The number of unbranched alkanes of at least 4 members (excludes halogenated alkanes) is 1. The van der Waals surface area contributed by atoms with Crippen LogP contribution < -0.4 is 5.56 Å². The van der Waals surface area contributed by atoms with Gasteiger partial charge in [-0.1, -0.05) is 18.2 Å². The lowest BCUT2D eigenvalue weighted by Crippen LogP contribution is -2.22. The van der Waals surface area contributed by atoms with Gasteiger partial charge < -0.3 is 4.98 Å². The van der Waals surface area contributed by atoms with Crippen LogP contribution in [-0.4, -0.2) is 20.3 Å². The fraction of sp³-hybridized carbons (Fsp3) is 0.235. The summed E-state index contributed by atoms with van der Waals surface area (Å²) in [6.07, 6.45) is 3.72. The Bertz CT molecular complexity index is 903. The normalized spacial score (nSPS) is 11.0. The summed E-state index contributed by atoms with van der Waals surface area (Å²) in [7, 11) is 0. The Morgan fingerprint density at radius 1 is 1.13 bits per heavy atom. The van der Waals surface area contributed by atoms with Crippen LogP contribution in [0.3, 0.4) is 0 Å². The molecule has 1 N–H and O–H groups in total. The Kier molecular flexibility index (Phi) is 5.25. The van der Waals surface area contributed by atoms with Gasteiger partial charge in [-0.25, -0.2) is 4.98 Å². The zero-order chi connectivity index (χ0) is 16.1. The number of benzene rings is 1. The molecule has 0 amide bonds. The first kappa shape index (κ1) is 16.0. The van der Waals surface area contributed by atoms with Gasteiger partial charge in [-0.05, 0) is 55.1 Å². The molecule has 0 aliphatic heterocycles. The third-order valence-electron chi connectivity index (χ3n) is 3.55. The van der Waals surface area contributed by atoms with Gasteiger partial charge in [0.15, 0.2) is 4.77 Å². The van der Waals surface area contributed by atoms with E-state index in [0.717, 1.165) is 29.1 Å². The first-order valence-corrected chi connectivity index (χ1v) is 8.91. The standard InChI is InChI=1S/C17H17N3OS2/c21-16-13-7-1-2-8-14(13)19-17(22)20(16)11-5-6-12-23-15-9-3-4-10-18-15/h1-4,7-10H,5-6,11-12H2,(H,19,22). The Morgan fingerprint density at radius 2 is 1.96 bits per heavy atom. The molecule has 0 saturated heterocycles. The zero-order valence-corrected chi connectivity index (χ0v) is 14.2. The van der Waals surface area contributed by atoms with Gasteiger partial charge in [-0.3, -0.25) is 9.36 Å². The highest BCUT2D eigenvalue weighted by Crippen LogP contribution is 2.16. The molecule has 0 aliphatic rings. The van der Waals surface area contributed by atoms with Gasteiger partial charge in [0.1, 0.15) is 0 Å². The number of nitrogens with zero attached hydrogens (tertiary/aromatic N) is 2. The van der Waals surface area contributed by atoms with Crippen molar-refractivity contribution in [3.8, 4) is 0 Å². The minimum atomic E-state index is -0.0123. The lowest BCUT2D eigenvalue weighted by atomic mass is 10.2. The van der Waals surface area contributed by atoms with Gasteiger partial charge in [0, 0.05) is 12.7 Å². The summed E-state index contributed by atoms with van der Waals surface area (Å²) in [6, 6.07) is 13.4. The Labute approximate surface area is 143 Å². The summed E-state index contributed by atoms with van der Waals surface area (Å²) < 4.78 is 2.15. The van der Waals surface area contributed by atoms with E-state index in [1.54, 1.807) is 22.5 Å². The molecule has 0 fully saturated rings. The van der Waals surface area contributed by atoms with Crippen LogP contribution in [0.1, 0.15) is 12.8 Å². The molecule has 23 heavy (non-hydrogen) atoms. The SMILES string of the molecule is O=c1c2ccccc2[nH]c(=S)n1CCCCSc1ccccn1. The summed E-state index contributed by atoms with van der Waals surface area (Å²) in [6.45, 7) is 0.641. The molecule has 0 atom stereocenters. The average Bonchev–Trinajstić information content (AvgIpc) is 2.58. The topological polar surface area (TPSA) is 50.7 Å². The van der Waals surface area contributed by atoms with Gasteiger partial charge in [0.2, 0.25) is 0 Å². The molecule has 0 unspecified atom stereocenters. The van der Waals surface area contributed by atoms with Crippen LogP contribution in [0.15, 0.2) is 58.5 Å². The number of aromatic nitrogens is 3. The number of para-hydroxylation sites is 1. The van der Waals surface area contributed by atoms with Crippen LogP contribution in [0.4, 0.5) is 0 Å². The van der Waals surface area contributed by atoms with E-state index < -0.39 is 0 Å². The number of aromatic amines is 1. The van der Waals surface area contributed by atoms with Gasteiger partial charge >= 0.3 is 0 Å². The number of H-pyrrole nitrogens is 1. The highest BCUT2D eigenvalue weighted by atomic mass is 32.2. The molecule has 1 aromatic carbocycles. The third kappa shape index (κ3) is 3.89. The quantitative estimate of drug-likeness (QED) is 0.417. The van der Waals surface area contributed by atoms with Crippen LogP contribution in [0, 0.1) is 4.77 Å². The molecule has 3 aromatic rings.